The summed E-state index contributed by atoms with van der Waals surface area (Å²) in [6.07, 6.45) is -0.100. The standard InChI is InChI=1S/C20H24N2O4S/c1-14(23)13-20(16-5-9-18(10-6-16)22(3)4)27(25,26)19-11-7-17(8-12-19)21-15(2)24/h5-12,20H,13H2,1-4H3,(H,21,24)/t20-/m0/s1. The van der Waals surface area contributed by atoms with Crippen LogP contribution in [0.25, 0.3) is 0 Å². The van der Waals surface area contributed by atoms with Crippen molar-refractivity contribution in [3.8, 4) is 0 Å². The zero-order valence-corrected chi connectivity index (χ0v) is 16.7. The van der Waals surface area contributed by atoms with Crippen LogP contribution in [0.1, 0.15) is 31.1 Å². The van der Waals surface area contributed by atoms with E-state index in [9.17, 15) is 18.0 Å². The summed E-state index contributed by atoms with van der Waals surface area (Å²) in [4.78, 5) is 24.9. The van der Waals surface area contributed by atoms with E-state index in [1.807, 2.05) is 31.1 Å². The second-order valence-electron chi connectivity index (χ2n) is 6.63. The SMILES string of the molecule is CC(=O)C[C@@H](c1ccc(N(C)C)cc1)S(=O)(=O)c1ccc(NC(C)=O)cc1. The molecule has 7 heteroatoms. The van der Waals surface area contributed by atoms with E-state index >= 15 is 0 Å². The molecule has 1 amide bonds. The Labute approximate surface area is 160 Å². The zero-order chi connectivity index (χ0) is 20.2. The topological polar surface area (TPSA) is 83.6 Å². The highest BCUT2D eigenvalue weighted by molar-refractivity contribution is 7.91. The van der Waals surface area contributed by atoms with Gasteiger partial charge >= 0.3 is 0 Å². The molecule has 0 saturated carbocycles. The molecular formula is C20H24N2O4S. The number of nitrogens with zero attached hydrogens (tertiary/aromatic N) is 1. The van der Waals surface area contributed by atoms with Gasteiger partial charge in [-0.15, -0.1) is 0 Å². The van der Waals surface area contributed by atoms with Gasteiger partial charge < -0.3 is 10.2 Å². The van der Waals surface area contributed by atoms with Gasteiger partial charge in [-0.25, -0.2) is 8.42 Å². The van der Waals surface area contributed by atoms with Gasteiger partial charge in [-0.05, 0) is 48.9 Å². The number of amides is 1. The summed E-state index contributed by atoms with van der Waals surface area (Å²) in [6, 6.07) is 13.1. The summed E-state index contributed by atoms with van der Waals surface area (Å²) < 4.78 is 26.3. The zero-order valence-electron chi connectivity index (χ0n) is 15.9. The molecule has 2 aromatic rings. The number of rotatable bonds is 7. The lowest BCUT2D eigenvalue weighted by molar-refractivity contribution is -0.117. The second kappa shape index (κ2) is 8.35. The molecule has 27 heavy (non-hydrogen) atoms. The maximum Gasteiger partial charge on any atom is 0.221 e. The number of hydrogen-bond acceptors (Lipinski definition) is 5. The van der Waals surface area contributed by atoms with Gasteiger partial charge in [0.1, 0.15) is 5.78 Å². The van der Waals surface area contributed by atoms with Crippen LogP contribution in [-0.4, -0.2) is 34.2 Å². The minimum absolute atomic E-state index is 0.100. The van der Waals surface area contributed by atoms with Crippen molar-refractivity contribution in [3.05, 3.63) is 54.1 Å². The number of carbonyl (C=O) groups excluding carboxylic acids is 2. The molecule has 0 bridgehead atoms. The average Bonchev–Trinajstić information content (AvgIpc) is 2.59. The summed E-state index contributed by atoms with van der Waals surface area (Å²) in [5, 5.41) is 1.64. The molecule has 0 aliphatic rings. The van der Waals surface area contributed by atoms with Crippen LogP contribution in [0.3, 0.4) is 0 Å². The lowest BCUT2D eigenvalue weighted by atomic mass is 10.1. The van der Waals surface area contributed by atoms with Crippen LogP contribution < -0.4 is 10.2 Å². The van der Waals surface area contributed by atoms with Gasteiger partial charge in [0.2, 0.25) is 5.91 Å². The van der Waals surface area contributed by atoms with Crippen molar-refractivity contribution < 1.29 is 18.0 Å². The fourth-order valence-corrected chi connectivity index (χ4v) is 4.56. The van der Waals surface area contributed by atoms with Crippen molar-refractivity contribution in [2.75, 3.05) is 24.3 Å². The van der Waals surface area contributed by atoms with E-state index in [0.29, 0.717) is 11.3 Å². The Hall–Kier alpha value is -2.67. The molecule has 2 aromatic carbocycles. The van der Waals surface area contributed by atoms with Crippen LogP contribution in [0, 0.1) is 0 Å². The van der Waals surface area contributed by atoms with Crippen LogP contribution in [-0.2, 0) is 19.4 Å². The van der Waals surface area contributed by atoms with E-state index in [1.165, 1.54) is 38.1 Å². The van der Waals surface area contributed by atoms with Gasteiger partial charge in [-0.3, -0.25) is 9.59 Å². The van der Waals surface area contributed by atoms with Crippen LogP contribution >= 0.6 is 0 Å². The molecular weight excluding hydrogens is 364 g/mol. The first kappa shape index (κ1) is 20.6. The van der Waals surface area contributed by atoms with Gasteiger partial charge in [0.25, 0.3) is 0 Å². The second-order valence-corrected chi connectivity index (χ2v) is 8.76. The normalized spacial score (nSPS) is 12.3. The summed E-state index contributed by atoms with van der Waals surface area (Å²) >= 11 is 0. The minimum Gasteiger partial charge on any atom is -0.378 e. The lowest BCUT2D eigenvalue weighted by Gasteiger charge is -2.19. The maximum absolute atomic E-state index is 13.2. The Morgan fingerprint density at radius 1 is 0.963 bits per heavy atom. The monoisotopic (exact) mass is 388 g/mol. The fourth-order valence-electron chi connectivity index (χ4n) is 2.75. The van der Waals surface area contributed by atoms with Crippen molar-refractivity contribution in [1.29, 1.82) is 0 Å². The van der Waals surface area contributed by atoms with E-state index in [0.717, 1.165) is 5.69 Å². The van der Waals surface area contributed by atoms with Crippen LogP contribution in [0.4, 0.5) is 11.4 Å². The van der Waals surface area contributed by atoms with Crippen molar-refractivity contribution in [2.24, 2.45) is 0 Å². The molecule has 0 saturated heterocycles. The first-order valence-corrected chi connectivity index (χ1v) is 10.0. The molecule has 0 aromatic heterocycles. The van der Waals surface area contributed by atoms with Gasteiger partial charge in [0, 0.05) is 38.8 Å². The molecule has 6 nitrogen and oxygen atoms in total. The molecule has 0 spiro atoms. The van der Waals surface area contributed by atoms with Gasteiger partial charge in [0.05, 0.1) is 10.1 Å². The van der Waals surface area contributed by atoms with Crippen LogP contribution in [0.15, 0.2) is 53.4 Å². The first-order chi connectivity index (χ1) is 12.6. The minimum atomic E-state index is -3.77. The highest BCUT2D eigenvalue weighted by Crippen LogP contribution is 2.33. The molecule has 0 fully saturated rings. The van der Waals surface area contributed by atoms with E-state index < -0.39 is 15.1 Å². The van der Waals surface area contributed by atoms with E-state index in [2.05, 4.69) is 5.32 Å². The fraction of sp³-hybridized carbons (Fsp3) is 0.300. The van der Waals surface area contributed by atoms with Crippen LogP contribution in [0.2, 0.25) is 0 Å². The molecule has 0 heterocycles. The lowest BCUT2D eigenvalue weighted by Crippen LogP contribution is -2.17. The number of benzene rings is 2. The molecule has 2 rings (SSSR count). The van der Waals surface area contributed by atoms with E-state index in [4.69, 9.17) is 0 Å². The maximum atomic E-state index is 13.2. The highest BCUT2D eigenvalue weighted by atomic mass is 32.2. The molecule has 0 unspecified atom stereocenters. The Balaban J connectivity index is 2.41. The number of ketones is 1. The third-order valence-electron chi connectivity index (χ3n) is 4.13. The quantitative estimate of drug-likeness (QED) is 0.787. The summed E-state index contributed by atoms with van der Waals surface area (Å²) in [5.41, 5.74) is 2.03. The number of sulfone groups is 1. The number of Topliss-reactive ketones (excluding diaryl/α,β-unsaturated/α-hetero) is 1. The molecule has 1 N–H and O–H groups in total. The summed E-state index contributed by atoms with van der Waals surface area (Å²) in [5.74, 6) is -0.434. The van der Waals surface area contributed by atoms with E-state index in [-0.39, 0.29) is 23.0 Å². The third kappa shape index (κ3) is 5.17. The number of hydrogen-bond donors (Lipinski definition) is 1. The molecule has 0 aliphatic carbocycles. The van der Waals surface area contributed by atoms with Crippen molar-refractivity contribution >= 4 is 32.9 Å². The average molecular weight is 388 g/mol. The predicted molar refractivity (Wildman–Crippen MR) is 107 cm³/mol. The molecule has 0 radical (unpaired) electrons. The van der Waals surface area contributed by atoms with Crippen molar-refractivity contribution in [2.45, 2.75) is 30.4 Å². The Bertz CT molecular complexity index is 917. The third-order valence-corrected chi connectivity index (χ3v) is 6.25. The molecule has 1 atom stereocenters. The highest BCUT2D eigenvalue weighted by Gasteiger charge is 2.30. The summed E-state index contributed by atoms with van der Waals surface area (Å²) in [7, 11) is 0.0218. The van der Waals surface area contributed by atoms with Gasteiger partial charge in [-0.2, -0.15) is 0 Å². The molecule has 144 valence electrons. The van der Waals surface area contributed by atoms with Gasteiger partial charge in [-0.1, -0.05) is 12.1 Å². The first-order valence-electron chi connectivity index (χ1n) is 8.49. The number of anilines is 2. The molecule has 0 aliphatic heterocycles. The largest absolute Gasteiger partial charge is 0.378 e. The van der Waals surface area contributed by atoms with Gasteiger partial charge in [0.15, 0.2) is 9.84 Å². The summed E-state index contributed by atoms with van der Waals surface area (Å²) in [6.45, 7) is 2.77. The number of nitrogens with one attached hydrogen (secondary N) is 1. The Morgan fingerprint density at radius 2 is 1.52 bits per heavy atom. The Morgan fingerprint density at radius 3 is 1.96 bits per heavy atom. The van der Waals surface area contributed by atoms with E-state index in [1.54, 1.807) is 12.1 Å². The smallest absolute Gasteiger partial charge is 0.221 e. The predicted octanol–water partition coefficient (Wildman–Crippen LogP) is 3.21. The number of carbonyl (C=O) groups is 2. The van der Waals surface area contributed by atoms with Crippen LogP contribution in [0.5, 0.6) is 0 Å². The Kier molecular flexibility index (Phi) is 6.38. The van der Waals surface area contributed by atoms with Crippen molar-refractivity contribution in [3.63, 3.8) is 0 Å². The van der Waals surface area contributed by atoms with Crippen molar-refractivity contribution in [1.82, 2.24) is 0 Å².